The fourth-order valence-corrected chi connectivity index (χ4v) is 3.53. The van der Waals surface area contributed by atoms with Crippen molar-refractivity contribution in [2.24, 2.45) is 5.92 Å². The summed E-state index contributed by atoms with van der Waals surface area (Å²) in [6.07, 6.45) is 1.17. The number of benzene rings is 2. The second-order valence-electron chi connectivity index (χ2n) is 7.97. The van der Waals surface area contributed by atoms with E-state index in [2.05, 4.69) is 20.8 Å². The van der Waals surface area contributed by atoms with Gasteiger partial charge in [-0.05, 0) is 54.2 Å². The normalized spacial score (nSPS) is 17.1. The first-order valence-corrected chi connectivity index (χ1v) is 9.98. The lowest BCUT2D eigenvalue weighted by atomic mass is 9.82. The second kappa shape index (κ2) is 7.96. The van der Waals surface area contributed by atoms with Crippen molar-refractivity contribution in [1.82, 2.24) is 0 Å². The average molecular weight is 400 g/mol. The van der Waals surface area contributed by atoms with Crippen LogP contribution in [0.4, 0.5) is 5.69 Å². The second-order valence-corrected chi connectivity index (χ2v) is 8.38. The zero-order valence-corrected chi connectivity index (χ0v) is 17.5. The Balaban J connectivity index is 1.69. The van der Waals surface area contributed by atoms with E-state index in [-0.39, 0.29) is 23.7 Å². The van der Waals surface area contributed by atoms with Gasteiger partial charge in [0, 0.05) is 23.7 Å². The van der Waals surface area contributed by atoms with Crippen molar-refractivity contribution in [3.8, 4) is 5.75 Å². The predicted molar refractivity (Wildman–Crippen MR) is 112 cm³/mol. The molecule has 0 aromatic heterocycles. The summed E-state index contributed by atoms with van der Waals surface area (Å²) in [6, 6.07) is 13.1. The van der Waals surface area contributed by atoms with Gasteiger partial charge in [0.05, 0.1) is 5.92 Å². The SMILES string of the molecule is CCC(C)(C)c1ccc(OC(=O)[C@@H]2CC(=O)N(c3cccc(Cl)c3C)C2)cc1. The highest BCUT2D eigenvalue weighted by molar-refractivity contribution is 6.31. The van der Waals surface area contributed by atoms with Gasteiger partial charge in [-0.25, -0.2) is 0 Å². The van der Waals surface area contributed by atoms with Crippen molar-refractivity contribution in [2.75, 3.05) is 11.4 Å². The zero-order valence-electron chi connectivity index (χ0n) is 16.8. The third-order valence-corrected chi connectivity index (χ3v) is 6.14. The van der Waals surface area contributed by atoms with E-state index in [9.17, 15) is 9.59 Å². The number of carbonyl (C=O) groups excluding carboxylic acids is 2. The van der Waals surface area contributed by atoms with Crippen LogP contribution in [-0.4, -0.2) is 18.4 Å². The Morgan fingerprint density at radius 3 is 2.54 bits per heavy atom. The Morgan fingerprint density at radius 1 is 1.21 bits per heavy atom. The lowest BCUT2D eigenvalue weighted by Crippen LogP contribution is -2.27. The molecule has 148 valence electrons. The van der Waals surface area contributed by atoms with E-state index in [1.165, 1.54) is 5.56 Å². The van der Waals surface area contributed by atoms with Crippen LogP contribution in [0.25, 0.3) is 0 Å². The third kappa shape index (κ3) is 4.07. The van der Waals surface area contributed by atoms with Gasteiger partial charge in [0.1, 0.15) is 5.75 Å². The Morgan fingerprint density at radius 2 is 1.89 bits per heavy atom. The number of amides is 1. The minimum Gasteiger partial charge on any atom is -0.426 e. The standard InChI is InChI=1S/C23H26ClNO3/c1-5-23(3,4)17-9-11-18(12-10-17)28-22(27)16-13-21(26)25(14-16)20-8-6-7-19(24)15(20)2/h6-12,16H,5,13-14H2,1-4H3/t16-/m1/s1. The van der Waals surface area contributed by atoms with Crippen LogP contribution in [0.5, 0.6) is 5.75 Å². The van der Waals surface area contributed by atoms with Crippen molar-refractivity contribution in [1.29, 1.82) is 0 Å². The number of hydrogen-bond acceptors (Lipinski definition) is 3. The number of halogens is 1. The summed E-state index contributed by atoms with van der Waals surface area (Å²) < 4.78 is 5.54. The molecule has 1 saturated heterocycles. The number of carbonyl (C=O) groups is 2. The van der Waals surface area contributed by atoms with Crippen LogP contribution in [-0.2, 0) is 15.0 Å². The zero-order chi connectivity index (χ0) is 20.5. The Bertz CT molecular complexity index is 889. The highest BCUT2D eigenvalue weighted by atomic mass is 35.5. The molecule has 1 aliphatic heterocycles. The molecule has 28 heavy (non-hydrogen) atoms. The van der Waals surface area contributed by atoms with E-state index < -0.39 is 5.92 Å². The summed E-state index contributed by atoms with van der Waals surface area (Å²) in [5.74, 6) is -0.450. The largest absolute Gasteiger partial charge is 0.426 e. The summed E-state index contributed by atoms with van der Waals surface area (Å²) in [5, 5.41) is 0.603. The molecule has 3 rings (SSSR count). The maximum Gasteiger partial charge on any atom is 0.316 e. The van der Waals surface area contributed by atoms with Crippen LogP contribution in [0.2, 0.25) is 5.02 Å². The van der Waals surface area contributed by atoms with Gasteiger partial charge in [0.2, 0.25) is 5.91 Å². The van der Waals surface area contributed by atoms with E-state index in [1.807, 2.05) is 43.3 Å². The van der Waals surface area contributed by atoms with Gasteiger partial charge in [0.25, 0.3) is 0 Å². The number of anilines is 1. The molecular formula is C23H26ClNO3. The molecule has 0 bridgehead atoms. The quantitative estimate of drug-likeness (QED) is 0.506. The fourth-order valence-electron chi connectivity index (χ4n) is 3.36. The van der Waals surface area contributed by atoms with Crippen LogP contribution in [0.15, 0.2) is 42.5 Å². The van der Waals surface area contributed by atoms with Crippen molar-refractivity contribution >= 4 is 29.2 Å². The maximum atomic E-state index is 12.6. The van der Waals surface area contributed by atoms with Crippen molar-refractivity contribution < 1.29 is 14.3 Å². The molecule has 0 unspecified atom stereocenters. The number of rotatable bonds is 5. The number of ether oxygens (including phenoxy) is 1. The summed E-state index contributed by atoms with van der Waals surface area (Å²) >= 11 is 6.17. The monoisotopic (exact) mass is 399 g/mol. The lowest BCUT2D eigenvalue weighted by molar-refractivity contribution is -0.139. The molecule has 0 saturated carbocycles. The summed E-state index contributed by atoms with van der Waals surface area (Å²) in [7, 11) is 0. The molecule has 1 amide bonds. The van der Waals surface area contributed by atoms with Gasteiger partial charge in [0.15, 0.2) is 0 Å². The van der Waals surface area contributed by atoms with Crippen molar-refractivity contribution in [2.45, 2.75) is 46.0 Å². The van der Waals surface area contributed by atoms with Gasteiger partial charge < -0.3 is 9.64 Å². The molecule has 0 aliphatic carbocycles. The molecule has 2 aromatic carbocycles. The molecule has 4 nitrogen and oxygen atoms in total. The molecule has 1 fully saturated rings. The number of nitrogens with zero attached hydrogens (tertiary/aromatic N) is 1. The number of hydrogen-bond donors (Lipinski definition) is 0. The Labute approximate surface area is 171 Å². The first kappa shape index (κ1) is 20.4. The first-order valence-electron chi connectivity index (χ1n) is 9.60. The predicted octanol–water partition coefficient (Wildman–Crippen LogP) is 5.29. The molecular weight excluding hydrogens is 374 g/mol. The minimum absolute atomic E-state index is 0.0791. The molecule has 0 spiro atoms. The minimum atomic E-state index is -0.488. The first-order chi connectivity index (χ1) is 13.2. The molecule has 0 N–H and O–H groups in total. The van der Waals surface area contributed by atoms with E-state index in [1.54, 1.807) is 11.0 Å². The van der Waals surface area contributed by atoms with E-state index in [4.69, 9.17) is 16.3 Å². The smallest absolute Gasteiger partial charge is 0.316 e. The molecule has 1 aliphatic rings. The van der Waals surface area contributed by atoms with E-state index in [0.717, 1.165) is 17.7 Å². The average Bonchev–Trinajstić information content (AvgIpc) is 3.06. The Hall–Kier alpha value is -2.33. The van der Waals surface area contributed by atoms with E-state index >= 15 is 0 Å². The van der Waals surface area contributed by atoms with Gasteiger partial charge in [-0.2, -0.15) is 0 Å². The van der Waals surface area contributed by atoms with Crippen LogP contribution in [0.3, 0.4) is 0 Å². The molecule has 5 heteroatoms. The molecule has 0 radical (unpaired) electrons. The topological polar surface area (TPSA) is 46.6 Å². The Kier molecular flexibility index (Phi) is 5.80. The molecule has 1 heterocycles. The molecule has 1 atom stereocenters. The van der Waals surface area contributed by atoms with Gasteiger partial charge >= 0.3 is 5.97 Å². The summed E-state index contributed by atoms with van der Waals surface area (Å²) in [4.78, 5) is 26.7. The van der Waals surface area contributed by atoms with Gasteiger partial charge in [-0.1, -0.05) is 50.6 Å². The summed E-state index contributed by atoms with van der Waals surface area (Å²) in [5.41, 5.74) is 2.86. The summed E-state index contributed by atoms with van der Waals surface area (Å²) in [6.45, 7) is 8.70. The van der Waals surface area contributed by atoms with Gasteiger partial charge in [-0.15, -0.1) is 0 Å². The fraction of sp³-hybridized carbons (Fsp3) is 0.391. The van der Waals surface area contributed by atoms with Crippen LogP contribution in [0, 0.1) is 12.8 Å². The van der Waals surface area contributed by atoms with Gasteiger partial charge in [-0.3, -0.25) is 9.59 Å². The third-order valence-electron chi connectivity index (χ3n) is 5.73. The maximum absolute atomic E-state index is 12.6. The van der Waals surface area contributed by atoms with Crippen LogP contribution >= 0.6 is 11.6 Å². The van der Waals surface area contributed by atoms with E-state index in [0.29, 0.717) is 17.3 Å². The molecule has 2 aromatic rings. The highest BCUT2D eigenvalue weighted by Crippen LogP contribution is 2.32. The lowest BCUT2D eigenvalue weighted by Gasteiger charge is -2.23. The van der Waals surface area contributed by atoms with Crippen molar-refractivity contribution in [3.63, 3.8) is 0 Å². The van der Waals surface area contributed by atoms with Crippen LogP contribution < -0.4 is 9.64 Å². The van der Waals surface area contributed by atoms with Crippen molar-refractivity contribution in [3.05, 3.63) is 58.6 Å². The number of esters is 1. The van der Waals surface area contributed by atoms with Crippen LogP contribution in [0.1, 0.15) is 44.7 Å². The highest BCUT2D eigenvalue weighted by Gasteiger charge is 2.37.